The van der Waals surface area contributed by atoms with Gasteiger partial charge in [0.15, 0.2) is 0 Å². The van der Waals surface area contributed by atoms with Crippen molar-refractivity contribution in [2.24, 2.45) is 17.8 Å². The van der Waals surface area contributed by atoms with Crippen molar-refractivity contribution in [3.63, 3.8) is 0 Å². The number of hydrazine groups is 1. The molecule has 3 atom stereocenters. The number of nitrogens with zero attached hydrogens (tertiary/aromatic N) is 2. The van der Waals surface area contributed by atoms with Crippen molar-refractivity contribution in [1.29, 1.82) is 0 Å². The van der Waals surface area contributed by atoms with E-state index in [0.29, 0.717) is 18.3 Å². The minimum atomic E-state index is -0.445. The lowest BCUT2D eigenvalue weighted by Gasteiger charge is -2.20. The summed E-state index contributed by atoms with van der Waals surface area (Å²) in [6, 6.07) is 0. The SMILES string of the molecule is O=C(CC1CC2CCC1C2)NNC(=O)c1cnccn1. The van der Waals surface area contributed by atoms with E-state index in [4.69, 9.17) is 0 Å². The maximum absolute atomic E-state index is 11.8. The van der Waals surface area contributed by atoms with E-state index in [1.807, 2.05) is 0 Å². The smallest absolute Gasteiger partial charge is 0.273 e. The van der Waals surface area contributed by atoms with Gasteiger partial charge < -0.3 is 0 Å². The second kappa shape index (κ2) is 5.56. The van der Waals surface area contributed by atoms with Gasteiger partial charge in [-0.05, 0) is 37.0 Å². The summed E-state index contributed by atoms with van der Waals surface area (Å²) in [4.78, 5) is 31.2. The Kier molecular flexibility index (Phi) is 3.62. The molecule has 6 heteroatoms. The van der Waals surface area contributed by atoms with E-state index in [2.05, 4.69) is 20.8 Å². The topological polar surface area (TPSA) is 84.0 Å². The Bertz CT molecular complexity index is 505. The molecule has 1 heterocycles. The van der Waals surface area contributed by atoms with Gasteiger partial charge >= 0.3 is 0 Å². The highest BCUT2D eigenvalue weighted by Crippen LogP contribution is 2.49. The maximum atomic E-state index is 11.8. The van der Waals surface area contributed by atoms with Crippen LogP contribution in [-0.4, -0.2) is 21.8 Å². The van der Waals surface area contributed by atoms with Gasteiger partial charge in [-0.2, -0.15) is 0 Å². The highest BCUT2D eigenvalue weighted by atomic mass is 16.2. The zero-order chi connectivity index (χ0) is 13.9. The first kappa shape index (κ1) is 13.0. The Hall–Kier alpha value is -1.98. The maximum Gasteiger partial charge on any atom is 0.289 e. The van der Waals surface area contributed by atoms with Crippen molar-refractivity contribution in [2.75, 3.05) is 0 Å². The van der Waals surface area contributed by atoms with Crippen LogP contribution in [0.2, 0.25) is 0 Å². The molecule has 1 aromatic rings. The van der Waals surface area contributed by atoms with Crippen molar-refractivity contribution >= 4 is 11.8 Å². The first-order valence-electron chi connectivity index (χ1n) is 7.07. The van der Waals surface area contributed by atoms with Gasteiger partial charge in [-0.25, -0.2) is 4.98 Å². The van der Waals surface area contributed by atoms with Crippen LogP contribution in [0.3, 0.4) is 0 Å². The lowest BCUT2D eigenvalue weighted by molar-refractivity contribution is -0.123. The number of rotatable bonds is 3. The fourth-order valence-corrected chi connectivity index (χ4v) is 3.52. The second-order valence-corrected chi connectivity index (χ2v) is 5.73. The molecule has 0 spiro atoms. The van der Waals surface area contributed by atoms with E-state index in [0.717, 1.165) is 12.3 Å². The molecule has 6 nitrogen and oxygen atoms in total. The molecule has 2 N–H and O–H groups in total. The fraction of sp³-hybridized carbons (Fsp3) is 0.571. The van der Waals surface area contributed by atoms with Crippen LogP contribution in [0.15, 0.2) is 18.6 Å². The fourth-order valence-electron chi connectivity index (χ4n) is 3.52. The second-order valence-electron chi connectivity index (χ2n) is 5.73. The van der Waals surface area contributed by atoms with Crippen LogP contribution in [0.5, 0.6) is 0 Å². The third kappa shape index (κ3) is 2.79. The summed E-state index contributed by atoms with van der Waals surface area (Å²) in [7, 11) is 0. The summed E-state index contributed by atoms with van der Waals surface area (Å²) < 4.78 is 0. The highest BCUT2D eigenvalue weighted by Gasteiger charge is 2.40. The Morgan fingerprint density at radius 2 is 2.10 bits per heavy atom. The first-order valence-corrected chi connectivity index (χ1v) is 7.07. The van der Waals surface area contributed by atoms with Crippen molar-refractivity contribution in [3.05, 3.63) is 24.3 Å². The largest absolute Gasteiger partial charge is 0.289 e. The molecule has 0 aliphatic heterocycles. The molecular weight excluding hydrogens is 256 g/mol. The van der Waals surface area contributed by atoms with E-state index in [-0.39, 0.29) is 11.6 Å². The molecule has 2 amide bonds. The lowest BCUT2D eigenvalue weighted by Crippen LogP contribution is -2.42. The Morgan fingerprint density at radius 1 is 1.20 bits per heavy atom. The number of aromatic nitrogens is 2. The molecule has 3 unspecified atom stereocenters. The third-order valence-electron chi connectivity index (χ3n) is 4.44. The summed E-state index contributed by atoms with van der Waals surface area (Å²) in [6.45, 7) is 0. The number of hydrogen-bond acceptors (Lipinski definition) is 4. The van der Waals surface area contributed by atoms with Crippen LogP contribution >= 0.6 is 0 Å². The van der Waals surface area contributed by atoms with Crippen molar-refractivity contribution in [1.82, 2.24) is 20.8 Å². The molecule has 0 saturated heterocycles. The van der Waals surface area contributed by atoms with E-state index in [9.17, 15) is 9.59 Å². The predicted molar refractivity (Wildman–Crippen MR) is 71.2 cm³/mol. The molecule has 2 aliphatic carbocycles. The summed E-state index contributed by atoms with van der Waals surface area (Å²) >= 11 is 0. The number of carbonyl (C=O) groups excluding carboxylic acids is 2. The lowest BCUT2D eigenvalue weighted by atomic mass is 9.86. The number of amides is 2. The molecule has 2 bridgehead atoms. The van der Waals surface area contributed by atoms with E-state index in [1.165, 1.54) is 37.9 Å². The molecule has 0 aromatic carbocycles. The van der Waals surface area contributed by atoms with Crippen LogP contribution in [0.4, 0.5) is 0 Å². The average molecular weight is 274 g/mol. The molecule has 2 saturated carbocycles. The van der Waals surface area contributed by atoms with Gasteiger partial charge in [-0.15, -0.1) is 0 Å². The van der Waals surface area contributed by atoms with Gasteiger partial charge in [0.1, 0.15) is 5.69 Å². The Labute approximate surface area is 117 Å². The predicted octanol–water partition coefficient (Wildman–Crippen LogP) is 1.06. The minimum absolute atomic E-state index is 0.125. The van der Waals surface area contributed by atoms with Gasteiger partial charge in [0.2, 0.25) is 5.91 Å². The molecule has 2 aliphatic rings. The first-order chi connectivity index (χ1) is 9.72. The van der Waals surface area contributed by atoms with Gasteiger partial charge in [-0.1, -0.05) is 6.42 Å². The Balaban J connectivity index is 1.44. The third-order valence-corrected chi connectivity index (χ3v) is 4.44. The molecule has 20 heavy (non-hydrogen) atoms. The number of carbonyl (C=O) groups is 2. The quantitative estimate of drug-likeness (QED) is 0.807. The van der Waals surface area contributed by atoms with Crippen LogP contribution < -0.4 is 10.9 Å². The minimum Gasteiger partial charge on any atom is -0.273 e. The molecular formula is C14H18N4O2. The normalized spacial score (nSPS) is 27.3. The summed E-state index contributed by atoms with van der Waals surface area (Å²) in [5.41, 5.74) is 5.02. The van der Waals surface area contributed by atoms with E-state index < -0.39 is 5.91 Å². The van der Waals surface area contributed by atoms with Crippen LogP contribution in [0, 0.1) is 17.8 Å². The van der Waals surface area contributed by atoms with Gasteiger partial charge in [0.25, 0.3) is 5.91 Å². The average Bonchev–Trinajstić information content (AvgIpc) is 3.08. The van der Waals surface area contributed by atoms with Gasteiger partial charge in [-0.3, -0.25) is 25.4 Å². The standard InChI is InChI=1S/C14H18N4O2/c19-13(7-11-6-9-1-2-10(11)5-9)17-18-14(20)12-8-15-3-4-16-12/h3-4,8-11H,1-2,5-7H2,(H,17,19)(H,18,20). The monoisotopic (exact) mass is 274 g/mol. The number of hydrogen-bond donors (Lipinski definition) is 2. The molecule has 0 radical (unpaired) electrons. The Morgan fingerprint density at radius 3 is 2.75 bits per heavy atom. The summed E-state index contributed by atoms with van der Waals surface area (Å²) in [5.74, 6) is 1.45. The molecule has 2 fully saturated rings. The number of fused-ring (bicyclic) bond motifs is 2. The van der Waals surface area contributed by atoms with E-state index >= 15 is 0 Å². The van der Waals surface area contributed by atoms with Crippen molar-refractivity contribution < 1.29 is 9.59 Å². The van der Waals surface area contributed by atoms with Crippen LogP contribution in [-0.2, 0) is 4.79 Å². The van der Waals surface area contributed by atoms with Gasteiger partial charge in [0.05, 0.1) is 6.20 Å². The zero-order valence-corrected chi connectivity index (χ0v) is 11.2. The summed E-state index contributed by atoms with van der Waals surface area (Å²) in [5, 5.41) is 0. The van der Waals surface area contributed by atoms with Gasteiger partial charge in [0, 0.05) is 18.8 Å². The molecule has 106 valence electrons. The highest BCUT2D eigenvalue weighted by molar-refractivity contribution is 5.93. The molecule has 3 rings (SSSR count). The van der Waals surface area contributed by atoms with Crippen molar-refractivity contribution in [2.45, 2.75) is 32.1 Å². The molecule has 1 aromatic heterocycles. The summed E-state index contributed by atoms with van der Waals surface area (Å²) in [6.07, 6.45) is 9.82. The van der Waals surface area contributed by atoms with Crippen molar-refractivity contribution in [3.8, 4) is 0 Å². The number of nitrogens with one attached hydrogen (secondary N) is 2. The zero-order valence-electron chi connectivity index (χ0n) is 11.2. The van der Waals surface area contributed by atoms with Crippen LogP contribution in [0.25, 0.3) is 0 Å². The van der Waals surface area contributed by atoms with E-state index in [1.54, 1.807) is 0 Å². The van der Waals surface area contributed by atoms with Crippen LogP contribution in [0.1, 0.15) is 42.6 Å².